The van der Waals surface area contributed by atoms with E-state index in [0.717, 1.165) is 6.42 Å². The summed E-state index contributed by atoms with van der Waals surface area (Å²) in [6.07, 6.45) is 0.333. The molecule has 7 heteroatoms. The second-order valence-electron chi connectivity index (χ2n) is 4.56. The quantitative estimate of drug-likeness (QED) is 0.615. The van der Waals surface area contributed by atoms with Crippen molar-refractivity contribution in [3.05, 3.63) is 0 Å². The lowest BCUT2D eigenvalue weighted by Crippen LogP contribution is -2.50. The number of nitrogens with zero attached hydrogens (tertiary/aromatic N) is 1. The second kappa shape index (κ2) is 8.34. The van der Waals surface area contributed by atoms with E-state index < -0.39 is 24.0 Å². The van der Waals surface area contributed by atoms with Crippen LogP contribution >= 0.6 is 0 Å². The van der Waals surface area contributed by atoms with Crippen molar-refractivity contribution in [1.29, 1.82) is 0 Å². The number of aliphatic carboxylic acids is 2. The van der Waals surface area contributed by atoms with Crippen molar-refractivity contribution in [3.63, 3.8) is 0 Å². The van der Waals surface area contributed by atoms with Crippen molar-refractivity contribution < 1.29 is 24.6 Å². The van der Waals surface area contributed by atoms with Gasteiger partial charge in [0.15, 0.2) is 0 Å². The summed E-state index contributed by atoms with van der Waals surface area (Å²) >= 11 is 0. The molecule has 0 aromatic rings. The van der Waals surface area contributed by atoms with E-state index in [0.29, 0.717) is 6.54 Å². The Morgan fingerprint density at radius 1 is 1.21 bits per heavy atom. The van der Waals surface area contributed by atoms with Crippen LogP contribution < -0.4 is 5.32 Å². The van der Waals surface area contributed by atoms with Crippen LogP contribution in [-0.4, -0.2) is 51.7 Å². The fourth-order valence-corrected chi connectivity index (χ4v) is 1.59. The highest BCUT2D eigenvalue weighted by atomic mass is 16.4. The highest BCUT2D eigenvalue weighted by Gasteiger charge is 2.24. The molecule has 0 aliphatic carbocycles. The summed E-state index contributed by atoms with van der Waals surface area (Å²) in [5, 5.41) is 19.9. The predicted molar refractivity (Wildman–Crippen MR) is 69.0 cm³/mol. The van der Waals surface area contributed by atoms with Gasteiger partial charge in [-0.05, 0) is 26.7 Å². The van der Waals surface area contributed by atoms with Gasteiger partial charge in [0.05, 0.1) is 0 Å². The number of carbonyl (C=O) groups excluding carboxylic acids is 1. The number of carboxylic acid groups (broad SMARTS) is 2. The lowest BCUT2D eigenvalue weighted by molar-refractivity contribution is -0.140. The molecule has 0 spiro atoms. The molecule has 0 aromatic heterocycles. The van der Waals surface area contributed by atoms with Gasteiger partial charge in [0.1, 0.15) is 6.04 Å². The van der Waals surface area contributed by atoms with Gasteiger partial charge in [-0.25, -0.2) is 9.59 Å². The molecule has 0 saturated carbocycles. The van der Waals surface area contributed by atoms with E-state index in [-0.39, 0.29) is 18.9 Å². The third-order valence-electron chi connectivity index (χ3n) is 2.59. The third-order valence-corrected chi connectivity index (χ3v) is 2.59. The van der Waals surface area contributed by atoms with Gasteiger partial charge in [-0.3, -0.25) is 4.79 Å². The molecule has 0 aliphatic rings. The minimum atomic E-state index is -1.23. The first-order chi connectivity index (χ1) is 8.79. The third kappa shape index (κ3) is 6.64. The molecule has 0 heterocycles. The molecule has 0 saturated heterocycles. The van der Waals surface area contributed by atoms with E-state index in [1.165, 1.54) is 4.90 Å². The maximum Gasteiger partial charge on any atom is 0.326 e. The van der Waals surface area contributed by atoms with E-state index >= 15 is 0 Å². The summed E-state index contributed by atoms with van der Waals surface area (Å²) in [4.78, 5) is 34.9. The van der Waals surface area contributed by atoms with Crippen LogP contribution in [0.5, 0.6) is 0 Å². The summed E-state index contributed by atoms with van der Waals surface area (Å²) in [5.74, 6) is -2.32. The van der Waals surface area contributed by atoms with E-state index in [4.69, 9.17) is 10.2 Å². The monoisotopic (exact) mass is 274 g/mol. The van der Waals surface area contributed by atoms with Crippen molar-refractivity contribution in [3.8, 4) is 0 Å². The van der Waals surface area contributed by atoms with Crippen molar-refractivity contribution in [2.24, 2.45) is 0 Å². The van der Waals surface area contributed by atoms with E-state index in [1.807, 2.05) is 20.8 Å². The SMILES string of the molecule is CCCN(C(=O)N[C@@H](CCC(=O)O)C(=O)O)C(C)C. The van der Waals surface area contributed by atoms with Gasteiger partial charge in [0.25, 0.3) is 0 Å². The molecular formula is C12H22N2O5. The first-order valence-electron chi connectivity index (χ1n) is 6.31. The Labute approximate surface area is 112 Å². The Bertz CT molecular complexity index is 330. The van der Waals surface area contributed by atoms with Gasteiger partial charge >= 0.3 is 18.0 Å². The van der Waals surface area contributed by atoms with E-state index in [1.54, 1.807) is 0 Å². The number of rotatable bonds is 8. The fraction of sp³-hybridized carbons (Fsp3) is 0.750. The number of hydrogen-bond donors (Lipinski definition) is 3. The van der Waals surface area contributed by atoms with E-state index in [9.17, 15) is 14.4 Å². The molecule has 0 aliphatic heterocycles. The van der Waals surface area contributed by atoms with Crippen LogP contribution in [-0.2, 0) is 9.59 Å². The van der Waals surface area contributed by atoms with Crippen LogP contribution in [0, 0.1) is 0 Å². The van der Waals surface area contributed by atoms with Gasteiger partial charge in [-0.1, -0.05) is 6.92 Å². The molecule has 3 N–H and O–H groups in total. The van der Waals surface area contributed by atoms with E-state index in [2.05, 4.69) is 5.32 Å². The molecule has 0 radical (unpaired) electrons. The van der Waals surface area contributed by atoms with Gasteiger partial charge in [-0.15, -0.1) is 0 Å². The summed E-state index contributed by atoms with van der Waals surface area (Å²) in [7, 11) is 0. The molecule has 2 amide bonds. The molecular weight excluding hydrogens is 252 g/mol. The van der Waals surface area contributed by atoms with Crippen molar-refractivity contribution in [2.75, 3.05) is 6.54 Å². The minimum absolute atomic E-state index is 0.0473. The number of nitrogens with one attached hydrogen (secondary N) is 1. The molecule has 0 rings (SSSR count). The number of carbonyl (C=O) groups is 3. The molecule has 0 unspecified atom stereocenters. The number of urea groups is 1. The summed E-state index contributed by atoms with van der Waals surface area (Å²) in [5.41, 5.74) is 0. The first kappa shape index (κ1) is 17.2. The van der Waals surface area contributed by atoms with Crippen LogP contribution in [0.4, 0.5) is 4.79 Å². The van der Waals surface area contributed by atoms with Crippen LogP contribution in [0.1, 0.15) is 40.0 Å². The zero-order valence-electron chi connectivity index (χ0n) is 11.5. The highest BCUT2D eigenvalue weighted by molar-refractivity contribution is 5.83. The Morgan fingerprint density at radius 3 is 2.16 bits per heavy atom. The van der Waals surface area contributed by atoms with Crippen molar-refractivity contribution >= 4 is 18.0 Å². The smallest absolute Gasteiger partial charge is 0.326 e. The van der Waals surface area contributed by atoms with Crippen molar-refractivity contribution in [2.45, 2.75) is 52.1 Å². The largest absolute Gasteiger partial charge is 0.481 e. The maximum absolute atomic E-state index is 11.9. The topological polar surface area (TPSA) is 107 Å². The Hall–Kier alpha value is -1.79. The molecule has 19 heavy (non-hydrogen) atoms. The zero-order valence-corrected chi connectivity index (χ0v) is 11.5. The minimum Gasteiger partial charge on any atom is -0.481 e. The maximum atomic E-state index is 11.9. The second-order valence-corrected chi connectivity index (χ2v) is 4.56. The predicted octanol–water partition coefficient (Wildman–Crippen LogP) is 1.13. The molecule has 0 fully saturated rings. The van der Waals surface area contributed by atoms with Crippen LogP contribution in [0.2, 0.25) is 0 Å². The summed E-state index contributed by atoms with van der Waals surface area (Å²) in [6, 6.07) is -1.70. The average molecular weight is 274 g/mol. The molecule has 110 valence electrons. The molecule has 1 atom stereocenters. The number of hydrogen-bond acceptors (Lipinski definition) is 3. The zero-order chi connectivity index (χ0) is 15.0. The standard InChI is InChI=1S/C12H22N2O5/c1-4-7-14(8(2)3)12(19)13-9(11(17)18)5-6-10(15)16/h8-9H,4-7H2,1-3H3,(H,13,19)(H,15,16)(H,17,18)/t9-/m0/s1. The van der Waals surface area contributed by atoms with Crippen LogP contribution in [0.25, 0.3) is 0 Å². The van der Waals surface area contributed by atoms with Gasteiger partial charge in [0, 0.05) is 19.0 Å². The first-order valence-corrected chi connectivity index (χ1v) is 6.31. The van der Waals surface area contributed by atoms with Gasteiger partial charge in [0.2, 0.25) is 0 Å². The average Bonchev–Trinajstić information content (AvgIpc) is 2.29. The lowest BCUT2D eigenvalue weighted by atomic mass is 10.1. The Kier molecular flexibility index (Phi) is 7.55. The number of carboxylic acids is 2. The Balaban J connectivity index is 4.59. The van der Waals surface area contributed by atoms with Crippen molar-refractivity contribution in [1.82, 2.24) is 10.2 Å². The van der Waals surface area contributed by atoms with Crippen LogP contribution in [0.3, 0.4) is 0 Å². The summed E-state index contributed by atoms with van der Waals surface area (Å²) < 4.78 is 0. The lowest BCUT2D eigenvalue weighted by Gasteiger charge is -2.28. The highest BCUT2D eigenvalue weighted by Crippen LogP contribution is 2.04. The van der Waals surface area contributed by atoms with Crippen LogP contribution in [0.15, 0.2) is 0 Å². The molecule has 0 aromatic carbocycles. The van der Waals surface area contributed by atoms with Gasteiger partial charge in [-0.2, -0.15) is 0 Å². The van der Waals surface area contributed by atoms with Gasteiger partial charge < -0.3 is 20.4 Å². The molecule has 7 nitrogen and oxygen atoms in total. The summed E-state index contributed by atoms with van der Waals surface area (Å²) in [6.45, 7) is 6.11. The number of amides is 2. The fourth-order valence-electron chi connectivity index (χ4n) is 1.59. The normalized spacial score (nSPS) is 12.0. The Morgan fingerprint density at radius 2 is 1.79 bits per heavy atom. The molecule has 0 bridgehead atoms.